The number of anilines is 1. The first-order valence-electron chi connectivity index (χ1n) is 5.87. The van der Waals surface area contributed by atoms with Crippen LogP contribution in [-0.4, -0.2) is 26.1 Å². The Hall–Kier alpha value is -1.26. The fourth-order valence-corrected chi connectivity index (χ4v) is 2.03. The van der Waals surface area contributed by atoms with E-state index < -0.39 is 0 Å². The van der Waals surface area contributed by atoms with Gasteiger partial charge in [-0.1, -0.05) is 6.07 Å². The molecule has 1 amide bonds. The molecule has 1 heterocycles. The second-order valence-corrected chi connectivity index (χ2v) is 4.38. The van der Waals surface area contributed by atoms with Crippen molar-refractivity contribution in [3.05, 3.63) is 23.8 Å². The summed E-state index contributed by atoms with van der Waals surface area (Å²) in [7, 11) is 1.61. The smallest absolute Gasteiger partial charge is 0.228 e. The predicted octanol–water partition coefficient (Wildman–Crippen LogP) is 1.97. The molecule has 18 heavy (non-hydrogen) atoms. The van der Waals surface area contributed by atoms with E-state index >= 15 is 0 Å². The highest BCUT2D eigenvalue weighted by molar-refractivity contribution is 5.94. The van der Waals surface area contributed by atoms with E-state index in [1.807, 2.05) is 25.1 Å². The Morgan fingerprint density at radius 1 is 1.50 bits per heavy atom. The second-order valence-electron chi connectivity index (χ2n) is 4.38. The van der Waals surface area contributed by atoms with Crippen molar-refractivity contribution in [3.63, 3.8) is 0 Å². The number of hydrogen-bond donors (Lipinski definition) is 2. The van der Waals surface area contributed by atoms with Crippen LogP contribution in [0.4, 0.5) is 5.69 Å². The highest BCUT2D eigenvalue weighted by Gasteiger charge is 2.23. The minimum atomic E-state index is 0. The van der Waals surface area contributed by atoms with Gasteiger partial charge in [0.1, 0.15) is 5.75 Å². The number of carbonyl (C=O) groups is 1. The van der Waals surface area contributed by atoms with Gasteiger partial charge >= 0.3 is 0 Å². The maximum atomic E-state index is 12.0. The summed E-state index contributed by atoms with van der Waals surface area (Å²) >= 11 is 0. The highest BCUT2D eigenvalue weighted by atomic mass is 35.5. The standard InChI is InChI=1S/C13H18N2O2.ClH/c1-9-3-4-12(17-2)11(7-9)15-13(16)10-5-6-14-8-10;/h3-4,7,10,14H,5-6,8H2,1-2H3,(H,15,16);1H. The van der Waals surface area contributed by atoms with Gasteiger partial charge in [0.15, 0.2) is 0 Å². The average molecular weight is 271 g/mol. The van der Waals surface area contributed by atoms with E-state index in [0.717, 1.165) is 30.8 Å². The molecule has 1 fully saturated rings. The van der Waals surface area contributed by atoms with E-state index in [-0.39, 0.29) is 24.2 Å². The minimum absolute atomic E-state index is 0. The molecule has 1 aliphatic heterocycles. The molecule has 100 valence electrons. The molecule has 0 saturated carbocycles. The molecule has 0 radical (unpaired) electrons. The van der Waals surface area contributed by atoms with E-state index in [2.05, 4.69) is 10.6 Å². The van der Waals surface area contributed by atoms with Crippen molar-refractivity contribution in [1.82, 2.24) is 5.32 Å². The number of methoxy groups -OCH3 is 1. The molecule has 1 aromatic rings. The van der Waals surface area contributed by atoms with Crippen molar-refractivity contribution < 1.29 is 9.53 Å². The lowest BCUT2D eigenvalue weighted by molar-refractivity contribution is -0.119. The molecule has 0 aliphatic carbocycles. The van der Waals surface area contributed by atoms with E-state index in [4.69, 9.17) is 4.74 Å². The molecular weight excluding hydrogens is 252 g/mol. The first-order valence-corrected chi connectivity index (χ1v) is 5.87. The summed E-state index contributed by atoms with van der Waals surface area (Å²) < 4.78 is 5.23. The van der Waals surface area contributed by atoms with E-state index in [9.17, 15) is 4.79 Å². The zero-order chi connectivity index (χ0) is 12.3. The summed E-state index contributed by atoms with van der Waals surface area (Å²) in [6.45, 7) is 3.68. The van der Waals surface area contributed by atoms with Crippen molar-refractivity contribution in [2.45, 2.75) is 13.3 Å². The summed E-state index contributed by atoms with van der Waals surface area (Å²) in [6, 6.07) is 5.77. The van der Waals surface area contributed by atoms with Crippen LogP contribution in [-0.2, 0) is 4.79 Å². The molecule has 5 heteroatoms. The second kappa shape index (κ2) is 6.61. The van der Waals surface area contributed by atoms with Gasteiger partial charge in [-0.2, -0.15) is 0 Å². The lowest BCUT2D eigenvalue weighted by atomic mass is 10.1. The molecule has 0 aromatic heterocycles. The van der Waals surface area contributed by atoms with Crippen LogP contribution in [0, 0.1) is 12.8 Å². The van der Waals surface area contributed by atoms with Gasteiger partial charge in [-0.15, -0.1) is 12.4 Å². The van der Waals surface area contributed by atoms with Crippen molar-refractivity contribution >= 4 is 24.0 Å². The molecule has 1 unspecified atom stereocenters. The Balaban J connectivity index is 0.00000162. The van der Waals surface area contributed by atoms with Crippen molar-refractivity contribution in [1.29, 1.82) is 0 Å². The summed E-state index contributed by atoms with van der Waals surface area (Å²) in [5, 5.41) is 6.13. The number of ether oxygens (including phenoxy) is 1. The SMILES string of the molecule is COc1ccc(C)cc1NC(=O)C1CCNC1.Cl. The number of rotatable bonds is 3. The Kier molecular flexibility index (Phi) is 5.44. The Morgan fingerprint density at radius 2 is 2.28 bits per heavy atom. The van der Waals surface area contributed by atoms with Crippen molar-refractivity contribution in [2.24, 2.45) is 5.92 Å². The van der Waals surface area contributed by atoms with Gasteiger partial charge in [0.05, 0.1) is 18.7 Å². The molecule has 4 nitrogen and oxygen atoms in total. The first-order chi connectivity index (χ1) is 8.20. The topological polar surface area (TPSA) is 50.4 Å². The normalized spacial score (nSPS) is 18.0. The molecule has 2 rings (SSSR count). The predicted molar refractivity (Wildman–Crippen MR) is 74.6 cm³/mol. The van der Waals surface area contributed by atoms with Crippen LogP contribution in [0.2, 0.25) is 0 Å². The van der Waals surface area contributed by atoms with E-state index in [1.54, 1.807) is 7.11 Å². The fraction of sp³-hybridized carbons (Fsp3) is 0.462. The first kappa shape index (κ1) is 14.8. The summed E-state index contributed by atoms with van der Waals surface area (Å²) in [5.74, 6) is 0.842. The molecule has 0 bridgehead atoms. The molecule has 1 saturated heterocycles. The zero-order valence-corrected chi connectivity index (χ0v) is 11.5. The van der Waals surface area contributed by atoms with Gasteiger partial charge in [0, 0.05) is 6.54 Å². The third-order valence-electron chi connectivity index (χ3n) is 3.04. The van der Waals surface area contributed by atoms with Gasteiger partial charge < -0.3 is 15.4 Å². The molecule has 0 spiro atoms. The molecule has 2 N–H and O–H groups in total. The van der Waals surface area contributed by atoms with Crippen molar-refractivity contribution in [3.8, 4) is 5.75 Å². The Labute approximate surface area is 114 Å². The van der Waals surface area contributed by atoms with Crippen LogP contribution in [0.25, 0.3) is 0 Å². The van der Waals surface area contributed by atoms with Gasteiger partial charge in [0.2, 0.25) is 5.91 Å². The van der Waals surface area contributed by atoms with Crippen LogP contribution in [0.1, 0.15) is 12.0 Å². The summed E-state index contributed by atoms with van der Waals surface area (Å²) in [4.78, 5) is 12.0. The quantitative estimate of drug-likeness (QED) is 0.883. The van der Waals surface area contributed by atoms with Gasteiger partial charge in [-0.25, -0.2) is 0 Å². The third-order valence-corrected chi connectivity index (χ3v) is 3.04. The van der Waals surface area contributed by atoms with Crippen LogP contribution in [0.5, 0.6) is 5.75 Å². The number of halogens is 1. The Bertz CT molecular complexity index is 417. The maximum absolute atomic E-state index is 12.0. The van der Waals surface area contributed by atoms with Crippen LogP contribution < -0.4 is 15.4 Å². The van der Waals surface area contributed by atoms with Gasteiger partial charge in [0.25, 0.3) is 0 Å². The number of benzene rings is 1. The van der Waals surface area contributed by atoms with Crippen LogP contribution in [0.15, 0.2) is 18.2 Å². The van der Waals surface area contributed by atoms with E-state index in [0.29, 0.717) is 5.75 Å². The molecular formula is C13H19ClN2O2. The fourth-order valence-electron chi connectivity index (χ4n) is 2.03. The monoisotopic (exact) mass is 270 g/mol. The van der Waals surface area contributed by atoms with Gasteiger partial charge in [-0.05, 0) is 37.6 Å². The minimum Gasteiger partial charge on any atom is -0.495 e. The number of amides is 1. The lowest BCUT2D eigenvalue weighted by Gasteiger charge is -2.13. The Morgan fingerprint density at radius 3 is 2.89 bits per heavy atom. The molecule has 1 aliphatic rings. The summed E-state index contributed by atoms with van der Waals surface area (Å²) in [5.41, 5.74) is 1.86. The maximum Gasteiger partial charge on any atom is 0.228 e. The van der Waals surface area contributed by atoms with Crippen LogP contribution >= 0.6 is 12.4 Å². The third kappa shape index (κ3) is 3.37. The number of aryl methyl sites for hydroxylation is 1. The zero-order valence-electron chi connectivity index (χ0n) is 10.7. The number of carbonyl (C=O) groups excluding carboxylic acids is 1. The largest absolute Gasteiger partial charge is 0.495 e. The molecule has 1 atom stereocenters. The summed E-state index contributed by atoms with van der Waals surface area (Å²) in [6.07, 6.45) is 0.903. The molecule has 1 aromatic carbocycles. The van der Waals surface area contributed by atoms with E-state index in [1.165, 1.54) is 0 Å². The van der Waals surface area contributed by atoms with Crippen molar-refractivity contribution in [2.75, 3.05) is 25.5 Å². The number of hydrogen-bond acceptors (Lipinski definition) is 3. The highest BCUT2D eigenvalue weighted by Crippen LogP contribution is 2.26. The van der Waals surface area contributed by atoms with Crippen LogP contribution in [0.3, 0.4) is 0 Å². The van der Waals surface area contributed by atoms with Gasteiger partial charge in [-0.3, -0.25) is 4.79 Å². The number of nitrogens with one attached hydrogen (secondary N) is 2. The lowest BCUT2D eigenvalue weighted by Crippen LogP contribution is -2.24. The average Bonchev–Trinajstić information content (AvgIpc) is 2.83.